The quantitative estimate of drug-likeness (QED) is 0.939. The summed E-state index contributed by atoms with van der Waals surface area (Å²) in [4.78, 5) is 14.7. The first kappa shape index (κ1) is 14.3. The van der Waals surface area contributed by atoms with Gasteiger partial charge in [0.25, 0.3) is 0 Å². The molecule has 0 aliphatic heterocycles. The van der Waals surface area contributed by atoms with Crippen molar-refractivity contribution in [2.75, 3.05) is 0 Å². The van der Waals surface area contributed by atoms with Crippen LogP contribution in [0.25, 0.3) is 0 Å². The molecule has 2 aromatic heterocycles. The largest absolute Gasteiger partial charge is 0.478 e. The normalized spacial score (nSPS) is 11.3. The van der Waals surface area contributed by atoms with Crippen molar-refractivity contribution in [3.63, 3.8) is 0 Å². The average molecular weight is 301 g/mol. The van der Waals surface area contributed by atoms with E-state index in [1.165, 1.54) is 18.3 Å². The average Bonchev–Trinajstić information content (AvgIpc) is 2.38. The third-order valence-electron chi connectivity index (χ3n) is 2.12. The van der Waals surface area contributed by atoms with Crippen LogP contribution in [0.15, 0.2) is 40.5 Å². The molecule has 0 aliphatic carbocycles. The van der Waals surface area contributed by atoms with E-state index >= 15 is 0 Å². The molecule has 0 bridgehead atoms. The van der Waals surface area contributed by atoms with Crippen LogP contribution in [0.3, 0.4) is 0 Å². The van der Waals surface area contributed by atoms with Crippen LogP contribution in [0.5, 0.6) is 0 Å². The minimum absolute atomic E-state index is 0.0300. The molecule has 104 valence electrons. The van der Waals surface area contributed by atoms with Crippen LogP contribution in [-0.2, 0) is 6.18 Å². The Morgan fingerprint density at radius 2 is 1.90 bits per heavy atom. The minimum Gasteiger partial charge on any atom is -0.478 e. The smallest absolute Gasteiger partial charge is 0.435 e. The Hall–Kier alpha value is -2.16. The molecule has 0 amide bonds. The van der Waals surface area contributed by atoms with E-state index in [1.807, 2.05) is 0 Å². The van der Waals surface area contributed by atoms with Gasteiger partial charge in [-0.05, 0) is 36.0 Å². The Kier molecular flexibility index (Phi) is 3.89. The van der Waals surface area contributed by atoms with Crippen LogP contribution in [-0.4, -0.2) is 26.3 Å². The second-order valence-corrected chi connectivity index (χ2v) is 4.59. The maximum Gasteiger partial charge on any atom is 0.435 e. The van der Waals surface area contributed by atoms with Crippen LogP contribution < -0.4 is 0 Å². The summed E-state index contributed by atoms with van der Waals surface area (Å²) in [5.74, 6) is -1.12. The number of aromatic carboxylic acids is 1. The zero-order valence-corrected chi connectivity index (χ0v) is 10.4. The molecular formula is C11H6F3N3O2S. The molecule has 2 aromatic rings. The Morgan fingerprint density at radius 1 is 1.15 bits per heavy atom. The molecule has 1 N–H and O–H groups in total. The summed E-state index contributed by atoms with van der Waals surface area (Å²) in [6.45, 7) is 0. The van der Waals surface area contributed by atoms with Crippen molar-refractivity contribution in [3.05, 3.63) is 41.7 Å². The van der Waals surface area contributed by atoms with E-state index in [2.05, 4.69) is 15.2 Å². The van der Waals surface area contributed by atoms with Gasteiger partial charge in [-0.15, -0.1) is 10.2 Å². The number of halogens is 3. The van der Waals surface area contributed by atoms with Gasteiger partial charge in [0.05, 0.1) is 5.56 Å². The zero-order chi connectivity index (χ0) is 14.8. The molecule has 9 heteroatoms. The lowest BCUT2D eigenvalue weighted by Gasteiger charge is -2.05. The van der Waals surface area contributed by atoms with Crippen LogP contribution >= 0.6 is 11.8 Å². The third kappa shape index (κ3) is 3.44. The highest BCUT2D eigenvalue weighted by atomic mass is 32.2. The molecule has 0 fully saturated rings. The van der Waals surface area contributed by atoms with E-state index in [1.54, 1.807) is 0 Å². The first-order valence-electron chi connectivity index (χ1n) is 5.14. The van der Waals surface area contributed by atoms with Gasteiger partial charge in [0.1, 0.15) is 10.1 Å². The third-order valence-corrected chi connectivity index (χ3v) is 2.98. The maximum absolute atomic E-state index is 12.3. The fraction of sp³-hybridized carbons (Fsp3) is 0.0909. The molecule has 0 saturated carbocycles. The van der Waals surface area contributed by atoms with Crippen LogP contribution in [0.1, 0.15) is 16.1 Å². The van der Waals surface area contributed by atoms with Crippen molar-refractivity contribution in [3.8, 4) is 0 Å². The van der Waals surface area contributed by atoms with Crippen molar-refractivity contribution in [2.24, 2.45) is 0 Å². The SMILES string of the molecule is O=C(O)c1ccnc(Sc2ccc(C(F)(F)F)nn2)c1. The van der Waals surface area contributed by atoms with Gasteiger partial charge in [-0.2, -0.15) is 13.2 Å². The Balaban J connectivity index is 2.18. The van der Waals surface area contributed by atoms with Crippen molar-refractivity contribution in [1.29, 1.82) is 0 Å². The topological polar surface area (TPSA) is 76.0 Å². The standard InChI is InChI=1S/C11H6F3N3O2S/c12-11(13,14)7-1-2-8(17-16-7)20-9-5-6(10(18)19)3-4-15-9/h1-5H,(H,18,19). The maximum atomic E-state index is 12.3. The zero-order valence-electron chi connectivity index (χ0n) is 9.63. The predicted molar refractivity (Wildman–Crippen MR) is 62.4 cm³/mol. The van der Waals surface area contributed by atoms with Crippen molar-refractivity contribution in [2.45, 2.75) is 16.2 Å². The first-order valence-corrected chi connectivity index (χ1v) is 5.96. The minimum atomic E-state index is -4.54. The van der Waals surface area contributed by atoms with Crippen LogP contribution in [0.4, 0.5) is 13.2 Å². The highest BCUT2D eigenvalue weighted by Crippen LogP contribution is 2.29. The van der Waals surface area contributed by atoms with E-state index in [0.29, 0.717) is 5.03 Å². The lowest BCUT2D eigenvalue weighted by molar-refractivity contribution is -0.141. The van der Waals surface area contributed by atoms with Crippen molar-refractivity contribution < 1.29 is 23.1 Å². The van der Waals surface area contributed by atoms with E-state index in [4.69, 9.17) is 5.11 Å². The number of carboxylic acids is 1. The van der Waals surface area contributed by atoms with E-state index in [-0.39, 0.29) is 10.6 Å². The fourth-order valence-corrected chi connectivity index (χ4v) is 1.96. The van der Waals surface area contributed by atoms with Gasteiger partial charge in [0.15, 0.2) is 5.69 Å². The summed E-state index contributed by atoms with van der Waals surface area (Å²) in [5.41, 5.74) is -1.06. The second kappa shape index (κ2) is 5.45. The summed E-state index contributed by atoms with van der Waals surface area (Å²) >= 11 is 0.923. The second-order valence-electron chi connectivity index (χ2n) is 3.54. The molecule has 0 saturated heterocycles. The molecule has 0 atom stereocenters. The number of hydrogen-bond donors (Lipinski definition) is 1. The molecule has 0 aliphatic rings. The molecular weight excluding hydrogens is 295 g/mol. The van der Waals surface area contributed by atoms with Gasteiger partial charge in [-0.25, -0.2) is 9.78 Å². The number of nitrogens with zero attached hydrogens (tertiary/aromatic N) is 3. The first-order chi connectivity index (χ1) is 9.36. The molecule has 5 nitrogen and oxygen atoms in total. The molecule has 0 unspecified atom stereocenters. The molecule has 20 heavy (non-hydrogen) atoms. The summed E-state index contributed by atoms with van der Waals surface area (Å²) < 4.78 is 36.9. The lowest BCUT2D eigenvalue weighted by Crippen LogP contribution is -2.08. The highest BCUT2D eigenvalue weighted by Gasteiger charge is 2.32. The molecule has 0 spiro atoms. The number of rotatable bonds is 3. The van der Waals surface area contributed by atoms with Crippen LogP contribution in [0.2, 0.25) is 0 Å². The van der Waals surface area contributed by atoms with E-state index < -0.39 is 17.8 Å². The Bertz CT molecular complexity index is 632. The molecule has 0 aromatic carbocycles. The lowest BCUT2D eigenvalue weighted by atomic mass is 10.3. The summed E-state index contributed by atoms with van der Waals surface area (Å²) in [7, 11) is 0. The molecule has 2 rings (SSSR count). The predicted octanol–water partition coefficient (Wildman–Crippen LogP) is 2.74. The van der Waals surface area contributed by atoms with E-state index in [9.17, 15) is 18.0 Å². The molecule has 0 radical (unpaired) electrons. The Morgan fingerprint density at radius 3 is 2.45 bits per heavy atom. The number of alkyl halides is 3. The highest BCUT2D eigenvalue weighted by molar-refractivity contribution is 7.99. The molecule has 2 heterocycles. The summed E-state index contributed by atoms with van der Waals surface area (Å²) in [6.07, 6.45) is -3.25. The van der Waals surface area contributed by atoms with Gasteiger partial charge in [0.2, 0.25) is 0 Å². The monoisotopic (exact) mass is 301 g/mol. The number of carboxylic acid groups (broad SMARTS) is 1. The van der Waals surface area contributed by atoms with Gasteiger partial charge in [-0.3, -0.25) is 0 Å². The number of carbonyl (C=O) groups is 1. The number of hydrogen-bond acceptors (Lipinski definition) is 5. The fourth-order valence-electron chi connectivity index (χ4n) is 1.23. The number of pyridine rings is 1. The van der Waals surface area contributed by atoms with Gasteiger partial charge in [0, 0.05) is 6.20 Å². The van der Waals surface area contributed by atoms with Gasteiger partial charge < -0.3 is 5.11 Å². The Labute approximate surface area is 114 Å². The van der Waals surface area contributed by atoms with Gasteiger partial charge in [-0.1, -0.05) is 0 Å². The van der Waals surface area contributed by atoms with Crippen molar-refractivity contribution in [1.82, 2.24) is 15.2 Å². The number of aromatic nitrogens is 3. The van der Waals surface area contributed by atoms with Gasteiger partial charge >= 0.3 is 12.1 Å². The van der Waals surface area contributed by atoms with Crippen LogP contribution in [0, 0.1) is 0 Å². The van der Waals surface area contributed by atoms with Crippen molar-refractivity contribution >= 4 is 17.7 Å². The summed E-state index contributed by atoms with van der Waals surface area (Å²) in [5, 5.41) is 15.8. The van der Waals surface area contributed by atoms with E-state index in [0.717, 1.165) is 23.9 Å². The summed E-state index contributed by atoms with van der Waals surface area (Å²) in [6, 6.07) is 4.56.